The molecule has 0 unspecified atom stereocenters. The van der Waals surface area contributed by atoms with Gasteiger partial charge in [0.1, 0.15) is 12.4 Å². The molecule has 1 saturated heterocycles. The Kier molecular flexibility index (Phi) is 11.3. The van der Waals surface area contributed by atoms with Crippen molar-refractivity contribution in [3.8, 4) is 5.88 Å². The number of nitrogens with zero attached hydrogens (tertiary/aromatic N) is 6. The summed E-state index contributed by atoms with van der Waals surface area (Å²) >= 11 is 0.916. The van der Waals surface area contributed by atoms with Crippen LogP contribution in [0, 0.1) is 0 Å². The molecule has 2 aromatic heterocycles. The fourth-order valence-corrected chi connectivity index (χ4v) is 5.17. The third-order valence-electron chi connectivity index (χ3n) is 6.97. The molecule has 2 N–H and O–H groups in total. The summed E-state index contributed by atoms with van der Waals surface area (Å²) < 4.78 is 93.5. The molecule has 0 radical (unpaired) electrons. The van der Waals surface area contributed by atoms with E-state index >= 15 is 0 Å². The molecule has 0 atom stereocenters. The smallest absolute Gasteiger partial charge is 0.416 e. The number of amides is 3. The second-order valence-electron chi connectivity index (χ2n) is 10.3. The van der Waals surface area contributed by atoms with Crippen molar-refractivity contribution in [1.29, 1.82) is 0 Å². The van der Waals surface area contributed by atoms with Gasteiger partial charge in [-0.25, -0.2) is 9.78 Å². The first-order valence-electron chi connectivity index (χ1n) is 14.3. The molecular formula is C28H32F6N8O3S. The number of hydrogen-bond donors (Lipinski definition) is 2. The Hall–Kier alpha value is -4.19. The minimum atomic E-state index is -5.03. The Balaban J connectivity index is 1.32. The summed E-state index contributed by atoms with van der Waals surface area (Å²) in [6.45, 7) is 6.66. The summed E-state index contributed by atoms with van der Waals surface area (Å²) in [5, 5.41) is 4.94. The van der Waals surface area contributed by atoms with E-state index in [1.54, 1.807) is 18.3 Å². The topological polar surface area (TPSA) is 116 Å². The predicted molar refractivity (Wildman–Crippen MR) is 159 cm³/mol. The van der Waals surface area contributed by atoms with E-state index in [0.29, 0.717) is 23.8 Å². The molecule has 0 spiro atoms. The minimum Gasteiger partial charge on any atom is -0.470 e. The number of anilines is 3. The van der Waals surface area contributed by atoms with E-state index in [0.717, 1.165) is 36.8 Å². The Morgan fingerprint density at radius 2 is 1.63 bits per heavy atom. The van der Waals surface area contributed by atoms with Crippen LogP contribution in [0.15, 0.2) is 36.5 Å². The molecule has 0 aliphatic carbocycles. The Bertz CT molecular complexity index is 1460. The van der Waals surface area contributed by atoms with Crippen molar-refractivity contribution in [3.05, 3.63) is 53.2 Å². The van der Waals surface area contributed by atoms with Gasteiger partial charge < -0.3 is 25.2 Å². The average Bonchev–Trinajstić information content (AvgIpc) is 3.48. The Morgan fingerprint density at radius 1 is 0.957 bits per heavy atom. The molecule has 0 bridgehead atoms. The fourth-order valence-electron chi connectivity index (χ4n) is 4.65. The number of urea groups is 1. The SMILES string of the molecule is CCCN(CC)CC(=O)Nc1cc(COc2nsnc2N2CCN(C(=O)Nc3cc(C(F)(F)F)cc(C(F)(F)F)c3)CC2)ccn1. The van der Waals surface area contributed by atoms with Crippen LogP contribution in [0.25, 0.3) is 0 Å². The lowest BCUT2D eigenvalue weighted by atomic mass is 10.1. The lowest BCUT2D eigenvalue weighted by Gasteiger charge is -2.34. The van der Waals surface area contributed by atoms with Crippen LogP contribution in [0.3, 0.4) is 0 Å². The number of nitrogens with one attached hydrogen (secondary N) is 2. The van der Waals surface area contributed by atoms with E-state index in [1.807, 2.05) is 23.6 Å². The highest BCUT2D eigenvalue weighted by Gasteiger charge is 2.37. The van der Waals surface area contributed by atoms with Crippen molar-refractivity contribution >= 4 is 41.0 Å². The highest BCUT2D eigenvalue weighted by molar-refractivity contribution is 6.99. The van der Waals surface area contributed by atoms with Crippen molar-refractivity contribution in [2.24, 2.45) is 0 Å². The fraction of sp³-hybridized carbons (Fsp3) is 0.464. The maximum absolute atomic E-state index is 13.2. The molecule has 1 fully saturated rings. The molecule has 250 valence electrons. The maximum atomic E-state index is 13.2. The second-order valence-corrected chi connectivity index (χ2v) is 10.9. The zero-order chi connectivity index (χ0) is 33.5. The van der Waals surface area contributed by atoms with Crippen molar-refractivity contribution < 1.29 is 40.7 Å². The summed E-state index contributed by atoms with van der Waals surface area (Å²) in [6, 6.07) is 3.49. The largest absolute Gasteiger partial charge is 0.470 e. The Labute approximate surface area is 264 Å². The van der Waals surface area contributed by atoms with Gasteiger partial charge in [0.25, 0.3) is 5.88 Å². The van der Waals surface area contributed by atoms with Crippen LogP contribution in [0.1, 0.15) is 37.0 Å². The molecule has 4 rings (SSSR count). The van der Waals surface area contributed by atoms with Crippen molar-refractivity contribution in [3.63, 3.8) is 0 Å². The lowest BCUT2D eigenvalue weighted by molar-refractivity contribution is -0.143. The summed E-state index contributed by atoms with van der Waals surface area (Å²) in [5.74, 6) is 0.869. The quantitative estimate of drug-likeness (QED) is 0.254. The summed E-state index contributed by atoms with van der Waals surface area (Å²) in [4.78, 5) is 34.5. The molecule has 18 heteroatoms. The number of pyridine rings is 1. The number of benzene rings is 1. The molecule has 1 aliphatic heterocycles. The number of carbonyl (C=O) groups excluding carboxylic acids is 2. The Morgan fingerprint density at radius 3 is 2.24 bits per heavy atom. The van der Waals surface area contributed by atoms with Crippen LogP contribution in [0.2, 0.25) is 0 Å². The number of carbonyl (C=O) groups is 2. The van der Waals surface area contributed by atoms with Gasteiger partial charge in [0.05, 0.1) is 29.4 Å². The minimum absolute atomic E-state index is 0.00308. The van der Waals surface area contributed by atoms with Crippen LogP contribution >= 0.6 is 11.7 Å². The summed E-state index contributed by atoms with van der Waals surface area (Å²) in [7, 11) is 0. The van der Waals surface area contributed by atoms with E-state index in [4.69, 9.17) is 4.74 Å². The van der Waals surface area contributed by atoms with E-state index in [2.05, 4.69) is 24.4 Å². The first-order valence-corrected chi connectivity index (χ1v) is 15.0. The molecular weight excluding hydrogens is 642 g/mol. The number of halogens is 6. The van der Waals surface area contributed by atoms with Gasteiger partial charge in [0, 0.05) is 38.1 Å². The monoisotopic (exact) mass is 674 g/mol. The molecule has 1 aliphatic rings. The number of rotatable bonds is 11. The van der Waals surface area contributed by atoms with Crippen molar-refractivity contribution in [2.45, 2.75) is 39.2 Å². The molecule has 11 nitrogen and oxygen atoms in total. The van der Waals surface area contributed by atoms with Crippen LogP contribution in [0.4, 0.5) is 48.5 Å². The number of alkyl halides is 6. The van der Waals surface area contributed by atoms with Crippen molar-refractivity contribution in [1.82, 2.24) is 23.5 Å². The average molecular weight is 675 g/mol. The van der Waals surface area contributed by atoms with E-state index in [-0.39, 0.29) is 57.2 Å². The van der Waals surface area contributed by atoms with Gasteiger partial charge in [-0.1, -0.05) is 13.8 Å². The van der Waals surface area contributed by atoms with E-state index < -0.39 is 35.2 Å². The van der Waals surface area contributed by atoms with Crippen molar-refractivity contribution in [2.75, 3.05) is 61.3 Å². The van der Waals surface area contributed by atoms with Gasteiger partial charge in [-0.2, -0.15) is 30.7 Å². The predicted octanol–water partition coefficient (Wildman–Crippen LogP) is 5.57. The van der Waals surface area contributed by atoms with Crippen LogP contribution in [-0.4, -0.2) is 81.3 Å². The number of aromatic nitrogens is 3. The number of likely N-dealkylation sites (N-methyl/N-ethyl adjacent to an activating group) is 1. The molecule has 0 saturated carbocycles. The van der Waals surface area contributed by atoms with Gasteiger partial charge in [-0.3, -0.25) is 9.69 Å². The molecule has 1 aromatic carbocycles. The van der Waals surface area contributed by atoms with Gasteiger partial charge in [-0.05, 0) is 55.4 Å². The number of piperazine rings is 1. The van der Waals surface area contributed by atoms with Gasteiger partial charge in [0.15, 0.2) is 0 Å². The van der Waals surface area contributed by atoms with Crippen LogP contribution in [0.5, 0.6) is 5.88 Å². The summed E-state index contributed by atoms with van der Waals surface area (Å²) in [6.07, 6.45) is -7.59. The zero-order valence-corrected chi connectivity index (χ0v) is 25.7. The van der Waals surface area contributed by atoms with E-state index in [1.165, 1.54) is 4.90 Å². The number of hydrogen-bond acceptors (Lipinski definition) is 9. The first kappa shape index (κ1) is 34.7. The third-order valence-corrected chi connectivity index (χ3v) is 7.47. The molecule has 3 aromatic rings. The van der Waals surface area contributed by atoms with Gasteiger partial charge in [0.2, 0.25) is 11.7 Å². The zero-order valence-electron chi connectivity index (χ0n) is 24.9. The molecule has 3 heterocycles. The normalized spacial score (nSPS) is 14.0. The highest BCUT2D eigenvalue weighted by Crippen LogP contribution is 2.37. The van der Waals surface area contributed by atoms with E-state index in [9.17, 15) is 35.9 Å². The van der Waals surface area contributed by atoms with Gasteiger partial charge in [-0.15, -0.1) is 4.37 Å². The van der Waals surface area contributed by atoms with Crippen LogP contribution < -0.4 is 20.3 Å². The molecule has 46 heavy (non-hydrogen) atoms. The van der Waals surface area contributed by atoms with Crippen LogP contribution in [-0.2, 0) is 23.8 Å². The second kappa shape index (κ2) is 14.9. The number of ether oxygens (including phenoxy) is 1. The third kappa shape index (κ3) is 9.41. The first-order chi connectivity index (χ1) is 21.8. The van der Waals surface area contributed by atoms with Gasteiger partial charge >= 0.3 is 18.4 Å². The molecule has 3 amide bonds. The summed E-state index contributed by atoms with van der Waals surface area (Å²) in [5.41, 5.74) is -2.95. The highest BCUT2D eigenvalue weighted by atomic mass is 32.1. The standard InChI is InChI=1S/C28H32F6N8O3S/c1-3-7-40(4-2)16-23(43)37-22-12-18(5-6-35-22)17-45-25-24(38-46-39-25)41-8-10-42(11-9-41)26(44)36-21-14-19(27(29,30)31)13-20(15-21)28(32,33)34/h5-6,12-15H,3-4,7-11,16-17H2,1-2H3,(H,36,44)(H,35,37,43). The maximum Gasteiger partial charge on any atom is 0.416 e. The lowest BCUT2D eigenvalue weighted by Crippen LogP contribution is -2.50.